The quantitative estimate of drug-likeness (QED) is 0.524. The monoisotopic (exact) mass is 407 g/mol. The number of rotatable bonds is 9. The molecular formula is C22H22FN5O2. The summed E-state index contributed by atoms with van der Waals surface area (Å²) in [5.41, 5.74) is 7.79. The Balaban J connectivity index is 1.38. The first-order valence-electron chi connectivity index (χ1n) is 9.78. The van der Waals surface area contributed by atoms with Gasteiger partial charge in [-0.25, -0.2) is 19.3 Å². The van der Waals surface area contributed by atoms with Gasteiger partial charge in [-0.3, -0.25) is 4.79 Å². The average Bonchev–Trinajstić information content (AvgIpc) is 3.58. The number of anilines is 2. The molecule has 0 atom stereocenters. The van der Waals surface area contributed by atoms with Crippen LogP contribution in [0.15, 0.2) is 48.9 Å². The lowest BCUT2D eigenvalue weighted by atomic mass is 10.0. The molecule has 4 rings (SSSR count). The predicted octanol–water partition coefficient (Wildman–Crippen LogP) is 3.42. The van der Waals surface area contributed by atoms with Crippen LogP contribution in [-0.4, -0.2) is 27.3 Å². The highest BCUT2D eigenvalue weighted by atomic mass is 19.1. The van der Waals surface area contributed by atoms with Crippen LogP contribution in [0.1, 0.15) is 34.5 Å². The molecule has 7 nitrogen and oxygen atoms in total. The van der Waals surface area contributed by atoms with Gasteiger partial charge in [-0.15, -0.1) is 0 Å². The molecule has 0 spiro atoms. The van der Waals surface area contributed by atoms with Crippen LogP contribution in [0, 0.1) is 11.7 Å². The van der Waals surface area contributed by atoms with E-state index in [0.717, 1.165) is 0 Å². The average molecular weight is 407 g/mol. The van der Waals surface area contributed by atoms with Gasteiger partial charge in [0.1, 0.15) is 17.3 Å². The highest BCUT2D eigenvalue weighted by Crippen LogP contribution is 2.29. The number of ether oxygens (including phenoxy) is 1. The first-order valence-corrected chi connectivity index (χ1v) is 9.78. The summed E-state index contributed by atoms with van der Waals surface area (Å²) in [6.07, 6.45) is 6.94. The number of ketones is 1. The van der Waals surface area contributed by atoms with E-state index in [-0.39, 0.29) is 30.3 Å². The topological polar surface area (TPSA) is 103 Å². The largest absolute Gasteiger partial charge is 0.476 e. The maximum atomic E-state index is 14.2. The molecule has 154 valence electrons. The SMILES string of the molecule is Nc1ncccc1NCc1cc(CC(=O)c2cnc(OCC3CC3)cn2)ccc1F. The van der Waals surface area contributed by atoms with Gasteiger partial charge >= 0.3 is 0 Å². The Morgan fingerprint density at radius 3 is 2.80 bits per heavy atom. The van der Waals surface area contributed by atoms with Crippen LogP contribution in [0.3, 0.4) is 0 Å². The summed E-state index contributed by atoms with van der Waals surface area (Å²) in [5.74, 6) is 0.817. The van der Waals surface area contributed by atoms with E-state index in [2.05, 4.69) is 20.3 Å². The number of benzene rings is 1. The Labute approximate surface area is 173 Å². The van der Waals surface area contributed by atoms with E-state index in [9.17, 15) is 9.18 Å². The van der Waals surface area contributed by atoms with Crippen molar-refractivity contribution in [1.82, 2.24) is 15.0 Å². The Bertz CT molecular complexity index is 1040. The van der Waals surface area contributed by atoms with Gasteiger partial charge in [-0.2, -0.15) is 0 Å². The summed E-state index contributed by atoms with van der Waals surface area (Å²) >= 11 is 0. The molecule has 0 saturated heterocycles. The first-order chi connectivity index (χ1) is 14.6. The molecule has 1 aliphatic carbocycles. The van der Waals surface area contributed by atoms with E-state index in [4.69, 9.17) is 10.5 Å². The highest BCUT2D eigenvalue weighted by Gasteiger charge is 2.22. The molecular weight excluding hydrogens is 385 g/mol. The molecule has 1 aromatic carbocycles. The van der Waals surface area contributed by atoms with E-state index in [1.165, 1.54) is 31.3 Å². The van der Waals surface area contributed by atoms with Crippen LogP contribution < -0.4 is 15.8 Å². The third kappa shape index (κ3) is 5.08. The van der Waals surface area contributed by atoms with Crippen molar-refractivity contribution in [2.24, 2.45) is 5.92 Å². The molecule has 1 aliphatic rings. The first kappa shape index (κ1) is 19.8. The number of Topliss-reactive ketones (excluding diaryl/α,β-unsaturated/α-hetero) is 1. The van der Waals surface area contributed by atoms with Crippen molar-refractivity contribution in [2.45, 2.75) is 25.8 Å². The third-order valence-electron chi connectivity index (χ3n) is 4.86. The second-order valence-corrected chi connectivity index (χ2v) is 7.31. The molecule has 2 aromatic heterocycles. The number of carbonyl (C=O) groups excluding carboxylic acids is 1. The van der Waals surface area contributed by atoms with Crippen LogP contribution in [0.5, 0.6) is 5.88 Å². The second-order valence-electron chi connectivity index (χ2n) is 7.31. The van der Waals surface area contributed by atoms with Crippen molar-refractivity contribution in [1.29, 1.82) is 0 Å². The van der Waals surface area contributed by atoms with Crippen molar-refractivity contribution >= 4 is 17.3 Å². The fourth-order valence-electron chi connectivity index (χ4n) is 2.93. The third-order valence-corrected chi connectivity index (χ3v) is 4.86. The number of nitrogen functional groups attached to an aromatic ring is 1. The number of hydrogen-bond donors (Lipinski definition) is 2. The summed E-state index contributed by atoms with van der Waals surface area (Å²) in [6, 6.07) is 8.12. The smallest absolute Gasteiger partial charge is 0.232 e. The van der Waals surface area contributed by atoms with Crippen LogP contribution >= 0.6 is 0 Å². The van der Waals surface area contributed by atoms with E-state index < -0.39 is 0 Å². The lowest BCUT2D eigenvalue weighted by molar-refractivity contribution is 0.0987. The Kier molecular flexibility index (Phi) is 5.83. The molecule has 0 aliphatic heterocycles. The van der Waals surface area contributed by atoms with Crippen LogP contribution in [0.2, 0.25) is 0 Å². The number of carbonyl (C=O) groups is 1. The fourth-order valence-corrected chi connectivity index (χ4v) is 2.93. The van der Waals surface area contributed by atoms with Gasteiger partial charge in [-0.05, 0) is 42.5 Å². The summed E-state index contributed by atoms with van der Waals surface area (Å²) in [6.45, 7) is 0.857. The fraction of sp³-hybridized carbons (Fsp3) is 0.273. The molecule has 3 N–H and O–H groups in total. The van der Waals surface area contributed by atoms with E-state index >= 15 is 0 Å². The second kappa shape index (κ2) is 8.86. The summed E-state index contributed by atoms with van der Waals surface area (Å²) < 4.78 is 19.7. The molecule has 2 heterocycles. The molecule has 0 bridgehead atoms. The maximum absolute atomic E-state index is 14.2. The summed E-state index contributed by atoms with van der Waals surface area (Å²) in [7, 11) is 0. The number of pyridine rings is 1. The van der Waals surface area contributed by atoms with Crippen LogP contribution in [-0.2, 0) is 13.0 Å². The standard InChI is InChI=1S/C22H22FN5O2/c23-17-6-5-15(8-16(17)10-26-18-2-1-7-25-22(18)24)9-20(29)19-11-28-21(12-27-19)30-13-14-3-4-14/h1-2,5-8,11-12,14,26H,3-4,9-10,13H2,(H2,24,25). The molecule has 1 fully saturated rings. The zero-order valence-electron chi connectivity index (χ0n) is 16.3. The number of halogens is 1. The minimum atomic E-state index is -0.363. The van der Waals surface area contributed by atoms with Crippen LogP contribution in [0.4, 0.5) is 15.9 Å². The lowest BCUT2D eigenvalue weighted by Gasteiger charge is -2.10. The van der Waals surface area contributed by atoms with Crippen molar-refractivity contribution in [3.63, 3.8) is 0 Å². The number of nitrogens with one attached hydrogen (secondary N) is 1. The minimum absolute atomic E-state index is 0.0965. The molecule has 0 unspecified atom stereocenters. The highest BCUT2D eigenvalue weighted by molar-refractivity contribution is 5.95. The Morgan fingerprint density at radius 1 is 1.20 bits per heavy atom. The molecule has 0 amide bonds. The Hall–Kier alpha value is -3.55. The summed E-state index contributed by atoms with van der Waals surface area (Å²) in [5, 5.41) is 3.06. The van der Waals surface area contributed by atoms with Gasteiger partial charge in [0.25, 0.3) is 0 Å². The van der Waals surface area contributed by atoms with Crippen molar-refractivity contribution in [3.05, 3.63) is 71.6 Å². The number of hydrogen-bond acceptors (Lipinski definition) is 7. The van der Waals surface area contributed by atoms with Crippen molar-refractivity contribution < 1.29 is 13.9 Å². The predicted molar refractivity (Wildman–Crippen MR) is 111 cm³/mol. The molecule has 1 saturated carbocycles. The van der Waals surface area contributed by atoms with Crippen LogP contribution in [0.25, 0.3) is 0 Å². The number of aromatic nitrogens is 3. The zero-order chi connectivity index (χ0) is 20.9. The van der Waals surface area contributed by atoms with Gasteiger partial charge in [0.15, 0.2) is 5.78 Å². The van der Waals surface area contributed by atoms with E-state index in [1.54, 1.807) is 30.5 Å². The zero-order valence-corrected chi connectivity index (χ0v) is 16.3. The van der Waals surface area contributed by atoms with Gasteiger partial charge < -0.3 is 15.8 Å². The van der Waals surface area contributed by atoms with Gasteiger partial charge in [0.2, 0.25) is 5.88 Å². The van der Waals surface area contributed by atoms with Gasteiger partial charge in [-0.1, -0.05) is 12.1 Å². The molecule has 0 radical (unpaired) electrons. The summed E-state index contributed by atoms with van der Waals surface area (Å²) in [4.78, 5) is 24.8. The van der Waals surface area contributed by atoms with E-state index in [0.29, 0.717) is 41.0 Å². The molecule has 3 aromatic rings. The van der Waals surface area contributed by atoms with Gasteiger partial charge in [0, 0.05) is 24.7 Å². The van der Waals surface area contributed by atoms with Crippen molar-refractivity contribution in [3.8, 4) is 5.88 Å². The normalized spacial score (nSPS) is 13.1. The van der Waals surface area contributed by atoms with Crippen molar-refractivity contribution in [2.75, 3.05) is 17.7 Å². The van der Waals surface area contributed by atoms with Gasteiger partial charge in [0.05, 0.1) is 24.7 Å². The molecule has 30 heavy (non-hydrogen) atoms. The Morgan fingerprint density at radius 2 is 2.07 bits per heavy atom. The molecule has 8 heteroatoms. The lowest BCUT2D eigenvalue weighted by Crippen LogP contribution is -2.09. The maximum Gasteiger partial charge on any atom is 0.232 e. The van der Waals surface area contributed by atoms with E-state index in [1.807, 2.05) is 0 Å². The number of nitrogens with zero attached hydrogens (tertiary/aromatic N) is 3. The number of nitrogens with two attached hydrogens (primary N) is 1. The minimum Gasteiger partial charge on any atom is -0.476 e.